The number of carbonyl (C=O) groups excluding carboxylic acids is 3. The molecule has 0 aromatic heterocycles. The fraction of sp³-hybridized carbons (Fsp3) is 0.842. The Labute approximate surface area is 141 Å². The lowest BCUT2D eigenvalue weighted by Crippen LogP contribution is -2.31. The van der Waals surface area contributed by atoms with Crippen LogP contribution >= 0.6 is 0 Å². The minimum atomic E-state index is -0.104. The lowest BCUT2D eigenvalue weighted by atomic mass is 9.92. The largest absolute Gasteiger partial charge is 0.299 e. The molecule has 0 aromatic carbocycles. The summed E-state index contributed by atoms with van der Waals surface area (Å²) in [7, 11) is 0. The van der Waals surface area contributed by atoms with Gasteiger partial charge >= 0.3 is 0 Å². The van der Waals surface area contributed by atoms with Gasteiger partial charge in [0.15, 0.2) is 0 Å². The van der Waals surface area contributed by atoms with Gasteiger partial charge in [0, 0.05) is 31.2 Å². The van der Waals surface area contributed by atoms with Crippen molar-refractivity contribution < 1.29 is 14.4 Å². The van der Waals surface area contributed by atoms with Crippen molar-refractivity contribution in [1.82, 2.24) is 4.90 Å². The van der Waals surface area contributed by atoms with E-state index in [2.05, 4.69) is 13.8 Å². The van der Waals surface area contributed by atoms with Crippen molar-refractivity contribution in [3.8, 4) is 0 Å². The normalized spacial score (nSPS) is 19.4. The third-order valence-corrected chi connectivity index (χ3v) is 4.99. The second-order valence-electron chi connectivity index (χ2n) is 6.72. The van der Waals surface area contributed by atoms with Crippen LogP contribution in [0.5, 0.6) is 0 Å². The average Bonchev–Trinajstić information content (AvgIpc) is 2.82. The van der Waals surface area contributed by atoms with E-state index in [1.807, 2.05) is 6.92 Å². The molecule has 23 heavy (non-hydrogen) atoms. The average molecular weight is 323 g/mol. The molecule has 0 aromatic rings. The van der Waals surface area contributed by atoms with Crippen LogP contribution in [0.3, 0.4) is 0 Å². The minimum absolute atomic E-state index is 0.000751. The van der Waals surface area contributed by atoms with Gasteiger partial charge in [0.25, 0.3) is 0 Å². The van der Waals surface area contributed by atoms with Crippen molar-refractivity contribution in [2.75, 3.05) is 6.54 Å². The van der Waals surface area contributed by atoms with Crippen LogP contribution in [0.25, 0.3) is 0 Å². The fourth-order valence-electron chi connectivity index (χ4n) is 3.30. The second-order valence-corrected chi connectivity index (χ2v) is 6.72. The summed E-state index contributed by atoms with van der Waals surface area (Å²) >= 11 is 0. The Hall–Kier alpha value is -1.19. The molecule has 1 rings (SSSR count). The zero-order chi connectivity index (χ0) is 17.2. The maximum Gasteiger partial charge on any atom is 0.232 e. The first-order chi connectivity index (χ1) is 11.0. The number of nitrogens with zero attached hydrogens (tertiary/aromatic N) is 1. The van der Waals surface area contributed by atoms with Gasteiger partial charge < -0.3 is 0 Å². The molecule has 1 aliphatic heterocycles. The van der Waals surface area contributed by atoms with Gasteiger partial charge in [0.1, 0.15) is 5.78 Å². The first kappa shape index (κ1) is 19.9. The van der Waals surface area contributed by atoms with E-state index in [4.69, 9.17) is 0 Å². The van der Waals surface area contributed by atoms with E-state index in [1.165, 1.54) is 4.90 Å². The highest BCUT2D eigenvalue weighted by atomic mass is 16.2. The van der Waals surface area contributed by atoms with Crippen molar-refractivity contribution >= 4 is 17.6 Å². The number of amides is 2. The van der Waals surface area contributed by atoms with E-state index in [0.717, 1.165) is 51.4 Å². The topological polar surface area (TPSA) is 54.5 Å². The van der Waals surface area contributed by atoms with Crippen LogP contribution in [0.4, 0.5) is 0 Å². The van der Waals surface area contributed by atoms with E-state index < -0.39 is 0 Å². The van der Waals surface area contributed by atoms with Gasteiger partial charge in [-0.2, -0.15) is 0 Å². The zero-order valence-electron chi connectivity index (χ0n) is 15.1. The number of likely N-dealkylation sites (tertiary alicyclic amines) is 1. The van der Waals surface area contributed by atoms with Crippen LogP contribution in [0.15, 0.2) is 0 Å². The zero-order valence-corrected chi connectivity index (χ0v) is 15.1. The summed E-state index contributed by atoms with van der Waals surface area (Å²) in [6, 6.07) is 0. The number of rotatable bonds is 12. The number of hydrogen-bond acceptors (Lipinski definition) is 3. The summed E-state index contributed by atoms with van der Waals surface area (Å²) in [5.74, 6) is 0.484. The molecule has 0 N–H and O–H groups in total. The monoisotopic (exact) mass is 323 g/mol. The molecule has 132 valence electrons. The maximum atomic E-state index is 12.2. The molecule has 4 nitrogen and oxygen atoms in total. The molecule has 0 saturated carbocycles. The van der Waals surface area contributed by atoms with E-state index in [9.17, 15) is 14.4 Å². The van der Waals surface area contributed by atoms with Crippen LogP contribution < -0.4 is 0 Å². The highest BCUT2D eigenvalue weighted by Crippen LogP contribution is 2.23. The number of ketones is 1. The van der Waals surface area contributed by atoms with Crippen molar-refractivity contribution in [3.63, 3.8) is 0 Å². The Kier molecular flexibility index (Phi) is 9.12. The molecule has 2 unspecified atom stereocenters. The van der Waals surface area contributed by atoms with Crippen molar-refractivity contribution in [1.29, 1.82) is 0 Å². The lowest BCUT2D eigenvalue weighted by Gasteiger charge is -2.15. The molecule has 1 aliphatic rings. The van der Waals surface area contributed by atoms with Crippen molar-refractivity contribution in [2.45, 2.75) is 85.0 Å². The Bertz CT molecular complexity index is 405. The summed E-state index contributed by atoms with van der Waals surface area (Å²) in [6.07, 6.45) is 8.57. The Morgan fingerprint density at radius 3 is 2.43 bits per heavy atom. The first-order valence-electron chi connectivity index (χ1n) is 9.41. The molecule has 0 aliphatic carbocycles. The molecule has 0 bridgehead atoms. The fourth-order valence-corrected chi connectivity index (χ4v) is 3.30. The highest BCUT2D eigenvalue weighted by molar-refractivity contribution is 6.03. The van der Waals surface area contributed by atoms with Gasteiger partial charge in [-0.25, -0.2) is 0 Å². The smallest absolute Gasteiger partial charge is 0.232 e. The van der Waals surface area contributed by atoms with E-state index in [-0.39, 0.29) is 23.7 Å². The number of hydrogen-bond donors (Lipinski definition) is 0. The molecule has 1 heterocycles. The molecule has 2 amide bonds. The number of unbranched alkanes of at least 4 members (excludes halogenated alkanes) is 3. The summed E-state index contributed by atoms with van der Waals surface area (Å²) in [4.78, 5) is 37.4. The van der Waals surface area contributed by atoms with E-state index in [1.54, 1.807) is 0 Å². The van der Waals surface area contributed by atoms with Crippen LogP contribution in [0.2, 0.25) is 0 Å². The maximum absolute atomic E-state index is 12.2. The van der Waals surface area contributed by atoms with Crippen LogP contribution in [-0.2, 0) is 14.4 Å². The summed E-state index contributed by atoms with van der Waals surface area (Å²) in [5, 5.41) is 0. The Morgan fingerprint density at radius 1 is 1.13 bits per heavy atom. The third kappa shape index (κ3) is 6.08. The molecule has 0 spiro atoms. The van der Waals surface area contributed by atoms with Gasteiger partial charge in [0.2, 0.25) is 11.8 Å². The summed E-state index contributed by atoms with van der Waals surface area (Å²) < 4.78 is 0. The summed E-state index contributed by atoms with van der Waals surface area (Å²) in [5.41, 5.74) is 0. The number of imide groups is 1. The van der Waals surface area contributed by atoms with E-state index >= 15 is 0 Å². The van der Waals surface area contributed by atoms with Gasteiger partial charge in [-0.1, -0.05) is 40.0 Å². The number of carbonyl (C=O) groups is 3. The van der Waals surface area contributed by atoms with Gasteiger partial charge in [0.05, 0.1) is 0 Å². The highest BCUT2D eigenvalue weighted by Gasteiger charge is 2.36. The summed E-state index contributed by atoms with van der Waals surface area (Å²) in [6.45, 7) is 6.72. The lowest BCUT2D eigenvalue weighted by molar-refractivity contribution is -0.139. The SMILES string of the molecule is CCCCC(CC)C(=O)CCCCCN1C(=O)CC(CC)C1=O. The van der Waals surface area contributed by atoms with Gasteiger partial charge in [-0.15, -0.1) is 0 Å². The van der Waals surface area contributed by atoms with Crippen molar-refractivity contribution in [3.05, 3.63) is 0 Å². The second kappa shape index (κ2) is 10.6. The molecular formula is C19H33NO3. The van der Waals surface area contributed by atoms with Crippen LogP contribution in [-0.4, -0.2) is 29.0 Å². The standard InChI is InChI=1S/C19H33NO3/c1-4-7-11-15(5-2)17(21)12-9-8-10-13-20-18(22)14-16(6-3)19(20)23/h15-16H,4-14H2,1-3H3. The molecule has 1 saturated heterocycles. The third-order valence-electron chi connectivity index (χ3n) is 4.99. The van der Waals surface area contributed by atoms with Crippen molar-refractivity contribution in [2.24, 2.45) is 11.8 Å². The molecular weight excluding hydrogens is 290 g/mol. The first-order valence-corrected chi connectivity index (χ1v) is 9.41. The minimum Gasteiger partial charge on any atom is -0.299 e. The van der Waals surface area contributed by atoms with Crippen LogP contribution in [0, 0.1) is 11.8 Å². The predicted molar refractivity (Wildman–Crippen MR) is 91.9 cm³/mol. The molecule has 1 fully saturated rings. The van der Waals surface area contributed by atoms with Crippen LogP contribution in [0.1, 0.15) is 85.0 Å². The molecule has 2 atom stereocenters. The Morgan fingerprint density at radius 2 is 1.87 bits per heavy atom. The Balaban J connectivity index is 2.21. The quantitative estimate of drug-likeness (QED) is 0.401. The predicted octanol–water partition coefficient (Wildman–Crippen LogP) is 4.12. The molecule has 4 heteroatoms. The van der Waals surface area contributed by atoms with Gasteiger partial charge in [-0.3, -0.25) is 19.3 Å². The number of Topliss-reactive ketones (excluding diaryl/α,β-unsaturated/α-hetero) is 1. The van der Waals surface area contributed by atoms with E-state index in [0.29, 0.717) is 25.2 Å². The molecule has 0 radical (unpaired) electrons. The van der Waals surface area contributed by atoms with Gasteiger partial charge in [-0.05, 0) is 32.1 Å².